The summed E-state index contributed by atoms with van der Waals surface area (Å²) >= 11 is 1.36. The van der Waals surface area contributed by atoms with Gasteiger partial charge in [0.2, 0.25) is 0 Å². The van der Waals surface area contributed by atoms with Crippen LogP contribution < -0.4 is 20.1 Å². The Balaban J connectivity index is 1.54. The van der Waals surface area contributed by atoms with Crippen molar-refractivity contribution < 1.29 is 14.3 Å². The van der Waals surface area contributed by atoms with Gasteiger partial charge in [-0.1, -0.05) is 0 Å². The molecule has 0 saturated heterocycles. The zero-order chi connectivity index (χ0) is 19.1. The third kappa shape index (κ3) is 4.98. The molecule has 1 aromatic carbocycles. The van der Waals surface area contributed by atoms with Crippen molar-refractivity contribution in [1.82, 2.24) is 19.9 Å². The van der Waals surface area contributed by atoms with Crippen LogP contribution in [0.4, 0.5) is 10.8 Å². The van der Waals surface area contributed by atoms with E-state index in [4.69, 9.17) is 9.47 Å². The SMILES string of the molecule is COc1ccc(Nc2nc(C(=O)NCCCn3ccnc3)cs2)c(OC)c1. The number of aryl methyl sites for hydroxylation is 1. The standard InChI is InChI=1S/C18H21N5O3S/c1-25-13-4-5-14(16(10-13)26-2)21-18-22-15(11-27-18)17(24)20-6-3-8-23-9-7-19-12-23/h4-5,7,9-12H,3,6,8H2,1-2H3,(H,20,24)(H,21,22). The minimum Gasteiger partial charge on any atom is -0.497 e. The van der Waals surface area contributed by atoms with E-state index in [1.165, 1.54) is 11.3 Å². The van der Waals surface area contributed by atoms with Crippen LogP contribution in [0.25, 0.3) is 0 Å². The van der Waals surface area contributed by atoms with Gasteiger partial charge < -0.3 is 24.7 Å². The van der Waals surface area contributed by atoms with E-state index in [1.54, 1.807) is 38.2 Å². The first-order valence-electron chi connectivity index (χ1n) is 8.38. The molecule has 8 nitrogen and oxygen atoms in total. The second kappa shape index (κ2) is 9.04. The minimum absolute atomic E-state index is 0.188. The van der Waals surface area contributed by atoms with Gasteiger partial charge in [-0.3, -0.25) is 4.79 Å². The zero-order valence-corrected chi connectivity index (χ0v) is 16.0. The second-order valence-electron chi connectivity index (χ2n) is 5.64. The molecule has 0 unspecified atom stereocenters. The van der Waals surface area contributed by atoms with Gasteiger partial charge in [-0.2, -0.15) is 0 Å². The normalized spacial score (nSPS) is 10.4. The largest absolute Gasteiger partial charge is 0.497 e. The molecule has 0 aliphatic carbocycles. The molecular formula is C18H21N5O3S. The van der Waals surface area contributed by atoms with Crippen molar-refractivity contribution in [3.05, 3.63) is 48.0 Å². The van der Waals surface area contributed by atoms with Gasteiger partial charge >= 0.3 is 0 Å². The fourth-order valence-electron chi connectivity index (χ4n) is 2.43. The topological polar surface area (TPSA) is 90.3 Å². The number of amides is 1. The van der Waals surface area contributed by atoms with Crippen molar-refractivity contribution in [2.45, 2.75) is 13.0 Å². The average molecular weight is 387 g/mol. The summed E-state index contributed by atoms with van der Waals surface area (Å²) in [6.45, 7) is 1.38. The predicted molar refractivity (Wildman–Crippen MR) is 104 cm³/mol. The minimum atomic E-state index is -0.188. The van der Waals surface area contributed by atoms with Crippen LogP contribution in [0.5, 0.6) is 11.5 Å². The van der Waals surface area contributed by atoms with Crippen LogP contribution in [-0.2, 0) is 6.54 Å². The molecule has 0 fully saturated rings. The summed E-state index contributed by atoms with van der Waals surface area (Å²) in [6.07, 6.45) is 6.21. The third-order valence-corrected chi connectivity index (χ3v) is 4.58. The van der Waals surface area contributed by atoms with Gasteiger partial charge in [0.1, 0.15) is 17.2 Å². The first kappa shape index (κ1) is 18.7. The summed E-state index contributed by atoms with van der Waals surface area (Å²) in [6, 6.07) is 5.45. The smallest absolute Gasteiger partial charge is 0.270 e. The number of rotatable bonds is 9. The number of anilines is 2. The number of thiazole rings is 1. The number of ether oxygens (including phenoxy) is 2. The highest BCUT2D eigenvalue weighted by atomic mass is 32.1. The highest BCUT2D eigenvalue weighted by Crippen LogP contribution is 2.32. The molecule has 2 aromatic heterocycles. The van der Waals surface area contributed by atoms with Crippen LogP contribution in [0.15, 0.2) is 42.3 Å². The fourth-order valence-corrected chi connectivity index (χ4v) is 3.13. The molecule has 2 N–H and O–H groups in total. The summed E-state index contributed by atoms with van der Waals surface area (Å²) in [5.74, 6) is 1.15. The molecule has 0 bridgehead atoms. The fraction of sp³-hybridized carbons (Fsp3) is 0.278. The number of methoxy groups -OCH3 is 2. The zero-order valence-electron chi connectivity index (χ0n) is 15.1. The molecule has 2 heterocycles. The van der Waals surface area contributed by atoms with Crippen molar-refractivity contribution in [3.63, 3.8) is 0 Å². The van der Waals surface area contributed by atoms with Crippen LogP contribution >= 0.6 is 11.3 Å². The number of aromatic nitrogens is 3. The monoisotopic (exact) mass is 387 g/mol. The van der Waals surface area contributed by atoms with E-state index in [-0.39, 0.29) is 5.91 Å². The van der Waals surface area contributed by atoms with Crippen LogP contribution in [-0.4, -0.2) is 41.2 Å². The van der Waals surface area contributed by atoms with Gasteiger partial charge in [-0.15, -0.1) is 11.3 Å². The van der Waals surface area contributed by atoms with Crippen LogP contribution in [0, 0.1) is 0 Å². The number of nitrogens with zero attached hydrogens (tertiary/aromatic N) is 3. The first-order chi connectivity index (χ1) is 13.2. The summed E-state index contributed by atoms with van der Waals surface area (Å²) in [7, 11) is 3.19. The van der Waals surface area contributed by atoms with Crippen molar-refractivity contribution >= 4 is 28.1 Å². The Morgan fingerprint density at radius 3 is 2.93 bits per heavy atom. The quantitative estimate of drug-likeness (QED) is 0.549. The predicted octanol–water partition coefficient (Wildman–Crippen LogP) is 2.92. The molecule has 0 aliphatic heterocycles. The number of hydrogen-bond donors (Lipinski definition) is 2. The van der Waals surface area contributed by atoms with Crippen molar-refractivity contribution in [2.24, 2.45) is 0 Å². The van der Waals surface area contributed by atoms with Gasteiger partial charge in [0.05, 0.1) is 26.2 Å². The van der Waals surface area contributed by atoms with Crippen LogP contribution in [0.1, 0.15) is 16.9 Å². The maximum absolute atomic E-state index is 12.2. The number of imidazole rings is 1. The number of hydrogen-bond acceptors (Lipinski definition) is 7. The summed E-state index contributed by atoms with van der Waals surface area (Å²) in [4.78, 5) is 20.6. The molecule has 142 valence electrons. The van der Waals surface area contributed by atoms with E-state index in [1.807, 2.05) is 22.9 Å². The molecule has 27 heavy (non-hydrogen) atoms. The summed E-state index contributed by atoms with van der Waals surface area (Å²) in [5, 5.41) is 8.39. The van der Waals surface area contributed by atoms with Gasteiger partial charge in [-0.05, 0) is 18.6 Å². The van der Waals surface area contributed by atoms with Gasteiger partial charge in [-0.25, -0.2) is 9.97 Å². The lowest BCUT2D eigenvalue weighted by Crippen LogP contribution is -2.25. The number of nitrogens with one attached hydrogen (secondary N) is 2. The van der Waals surface area contributed by atoms with E-state index in [9.17, 15) is 4.79 Å². The molecule has 0 spiro atoms. The molecule has 3 rings (SSSR count). The Morgan fingerprint density at radius 2 is 2.19 bits per heavy atom. The maximum atomic E-state index is 12.2. The van der Waals surface area contributed by atoms with E-state index in [2.05, 4.69) is 20.6 Å². The molecular weight excluding hydrogens is 366 g/mol. The van der Waals surface area contributed by atoms with Crippen molar-refractivity contribution in [2.75, 3.05) is 26.1 Å². The lowest BCUT2D eigenvalue weighted by molar-refractivity contribution is 0.0948. The molecule has 0 radical (unpaired) electrons. The van der Waals surface area contributed by atoms with Crippen molar-refractivity contribution in [1.29, 1.82) is 0 Å². The Hall–Kier alpha value is -3.07. The lowest BCUT2D eigenvalue weighted by Gasteiger charge is -2.10. The first-order valence-corrected chi connectivity index (χ1v) is 9.26. The molecule has 9 heteroatoms. The highest BCUT2D eigenvalue weighted by Gasteiger charge is 2.12. The Kier molecular flexibility index (Phi) is 6.26. The molecule has 0 saturated carbocycles. The molecule has 0 aliphatic rings. The molecule has 1 amide bonds. The summed E-state index contributed by atoms with van der Waals surface area (Å²) < 4.78 is 12.5. The Bertz CT molecular complexity index is 879. The van der Waals surface area contributed by atoms with E-state index in [0.29, 0.717) is 28.9 Å². The number of carbonyl (C=O) groups excluding carboxylic acids is 1. The van der Waals surface area contributed by atoms with E-state index < -0.39 is 0 Å². The van der Waals surface area contributed by atoms with Gasteiger partial charge in [0.25, 0.3) is 5.91 Å². The van der Waals surface area contributed by atoms with Crippen molar-refractivity contribution in [3.8, 4) is 11.5 Å². The Labute approximate surface area is 161 Å². The second-order valence-corrected chi connectivity index (χ2v) is 6.50. The molecule has 0 atom stereocenters. The van der Waals surface area contributed by atoms with Crippen LogP contribution in [0.2, 0.25) is 0 Å². The maximum Gasteiger partial charge on any atom is 0.270 e. The molecule has 3 aromatic rings. The summed E-state index contributed by atoms with van der Waals surface area (Å²) in [5.41, 5.74) is 1.14. The van der Waals surface area contributed by atoms with Crippen LogP contribution in [0.3, 0.4) is 0 Å². The van der Waals surface area contributed by atoms with Gasteiger partial charge in [0, 0.05) is 36.9 Å². The number of benzene rings is 1. The van der Waals surface area contributed by atoms with Gasteiger partial charge in [0.15, 0.2) is 5.13 Å². The Morgan fingerprint density at radius 1 is 1.30 bits per heavy atom. The highest BCUT2D eigenvalue weighted by molar-refractivity contribution is 7.14. The number of carbonyl (C=O) groups is 1. The average Bonchev–Trinajstić information content (AvgIpc) is 3.37. The lowest BCUT2D eigenvalue weighted by atomic mass is 10.3. The van der Waals surface area contributed by atoms with E-state index >= 15 is 0 Å². The third-order valence-electron chi connectivity index (χ3n) is 3.82. The van der Waals surface area contributed by atoms with E-state index in [0.717, 1.165) is 18.7 Å².